The molecule has 1 heterocycles. The summed E-state index contributed by atoms with van der Waals surface area (Å²) in [6.45, 7) is 0.0642. The van der Waals surface area contributed by atoms with Gasteiger partial charge in [-0.05, 0) is 43.0 Å². The number of amides is 2. The number of anilines is 1. The predicted molar refractivity (Wildman–Crippen MR) is 107 cm³/mol. The summed E-state index contributed by atoms with van der Waals surface area (Å²) in [5.41, 5.74) is 1.47. The first-order chi connectivity index (χ1) is 13.4. The van der Waals surface area contributed by atoms with Crippen LogP contribution in [0.2, 0.25) is 0 Å². The van der Waals surface area contributed by atoms with Crippen LogP contribution in [0.25, 0.3) is 0 Å². The fourth-order valence-electron chi connectivity index (χ4n) is 3.81. The molecule has 8 heteroatoms. The molecule has 1 aliphatic heterocycles. The highest BCUT2D eigenvalue weighted by molar-refractivity contribution is 7.89. The maximum absolute atomic E-state index is 12.5. The van der Waals surface area contributed by atoms with E-state index in [1.807, 2.05) is 0 Å². The van der Waals surface area contributed by atoms with Crippen molar-refractivity contribution in [3.63, 3.8) is 0 Å². The van der Waals surface area contributed by atoms with E-state index >= 15 is 0 Å². The Hall–Kier alpha value is -1.93. The van der Waals surface area contributed by atoms with Crippen molar-refractivity contribution in [2.75, 3.05) is 11.9 Å². The van der Waals surface area contributed by atoms with Gasteiger partial charge in [-0.3, -0.25) is 9.59 Å². The van der Waals surface area contributed by atoms with E-state index in [9.17, 15) is 18.0 Å². The summed E-state index contributed by atoms with van der Waals surface area (Å²) in [5, 5.41) is 5.78. The smallest absolute Gasteiger partial charge is 0.240 e. The molecule has 154 valence electrons. The maximum Gasteiger partial charge on any atom is 0.240 e. The second-order valence-corrected chi connectivity index (χ2v) is 9.39. The number of nitrogens with one attached hydrogen (secondary N) is 3. The van der Waals surface area contributed by atoms with Gasteiger partial charge in [-0.2, -0.15) is 0 Å². The van der Waals surface area contributed by atoms with E-state index in [0.717, 1.165) is 31.2 Å². The Morgan fingerprint density at radius 3 is 2.54 bits per heavy atom. The third kappa shape index (κ3) is 5.78. The van der Waals surface area contributed by atoms with Crippen LogP contribution in [0.15, 0.2) is 23.1 Å². The van der Waals surface area contributed by atoms with E-state index in [0.29, 0.717) is 18.5 Å². The summed E-state index contributed by atoms with van der Waals surface area (Å²) in [4.78, 5) is 23.7. The molecule has 0 spiro atoms. The SMILES string of the molecule is O=C1CCc2cc(S(=O)(=O)NCCC(=O)NC3CCCCCCC3)ccc2N1. The van der Waals surface area contributed by atoms with Crippen LogP contribution in [0.4, 0.5) is 5.69 Å². The van der Waals surface area contributed by atoms with Crippen molar-refractivity contribution in [3.8, 4) is 0 Å². The maximum atomic E-state index is 12.5. The Balaban J connectivity index is 1.49. The van der Waals surface area contributed by atoms with Crippen LogP contribution in [-0.2, 0) is 26.0 Å². The molecule has 0 unspecified atom stereocenters. The van der Waals surface area contributed by atoms with Gasteiger partial charge in [0.05, 0.1) is 4.90 Å². The zero-order valence-corrected chi connectivity index (χ0v) is 16.9. The van der Waals surface area contributed by atoms with Crippen molar-refractivity contribution in [1.82, 2.24) is 10.0 Å². The molecule has 0 atom stereocenters. The molecule has 0 saturated heterocycles. The normalized spacial score (nSPS) is 18.5. The topological polar surface area (TPSA) is 104 Å². The molecule has 0 bridgehead atoms. The minimum absolute atomic E-state index is 0.0588. The second kappa shape index (κ2) is 9.52. The molecule has 28 heavy (non-hydrogen) atoms. The van der Waals surface area contributed by atoms with Crippen LogP contribution >= 0.6 is 0 Å². The van der Waals surface area contributed by atoms with Crippen LogP contribution in [0.3, 0.4) is 0 Å². The van der Waals surface area contributed by atoms with Crippen molar-refractivity contribution < 1.29 is 18.0 Å². The molecule has 1 aliphatic carbocycles. The lowest BCUT2D eigenvalue weighted by molar-refractivity contribution is -0.121. The number of hydrogen-bond acceptors (Lipinski definition) is 4. The molecule has 2 amide bonds. The summed E-state index contributed by atoms with van der Waals surface area (Å²) in [7, 11) is -3.69. The van der Waals surface area contributed by atoms with Crippen LogP contribution in [-0.4, -0.2) is 32.8 Å². The fraction of sp³-hybridized carbons (Fsp3) is 0.600. The van der Waals surface area contributed by atoms with Gasteiger partial charge < -0.3 is 10.6 Å². The predicted octanol–water partition coefficient (Wildman–Crippen LogP) is 2.47. The molecule has 1 aromatic carbocycles. The minimum atomic E-state index is -3.69. The van der Waals surface area contributed by atoms with Crippen LogP contribution in [0, 0.1) is 0 Å². The number of aryl methyl sites for hydroxylation is 1. The van der Waals surface area contributed by atoms with E-state index in [1.54, 1.807) is 12.1 Å². The van der Waals surface area contributed by atoms with Gasteiger partial charge in [-0.25, -0.2) is 13.1 Å². The summed E-state index contributed by atoms with van der Waals surface area (Å²) >= 11 is 0. The fourth-order valence-corrected chi connectivity index (χ4v) is 4.89. The number of rotatable bonds is 6. The Bertz CT molecular complexity index is 815. The Morgan fingerprint density at radius 1 is 1.07 bits per heavy atom. The van der Waals surface area contributed by atoms with Crippen molar-refractivity contribution in [2.24, 2.45) is 0 Å². The summed E-state index contributed by atoms with van der Waals surface area (Å²) < 4.78 is 27.5. The van der Waals surface area contributed by atoms with Gasteiger partial charge in [-0.15, -0.1) is 0 Å². The molecular weight excluding hydrogens is 378 g/mol. The van der Waals surface area contributed by atoms with Crippen LogP contribution < -0.4 is 15.4 Å². The van der Waals surface area contributed by atoms with Crippen molar-refractivity contribution >= 4 is 27.5 Å². The zero-order valence-electron chi connectivity index (χ0n) is 16.1. The van der Waals surface area contributed by atoms with E-state index in [-0.39, 0.29) is 35.7 Å². The molecule has 1 fully saturated rings. The number of benzene rings is 1. The number of hydrogen-bond donors (Lipinski definition) is 3. The van der Waals surface area contributed by atoms with Crippen molar-refractivity contribution in [2.45, 2.75) is 75.1 Å². The van der Waals surface area contributed by atoms with E-state index < -0.39 is 10.0 Å². The van der Waals surface area contributed by atoms with Crippen molar-refractivity contribution in [3.05, 3.63) is 23.8 Å². The summed E-state index contributed by atoms with van der Waals surface area (Å²) in [5.74, 6) is -0.169. The highest BCUT2D eigenvalue weighted by atomic mass is 32.2. The lowest BCUT2D eigenvalue weighted by atomic mass is 9.96. The van der Waals surface area contributed by atoms with Gasteiger partial charge in [0.1, 0.15) is 0 Å². The van der Waals surface area contributed by atoms with E-state index in [1.165, 1.54) is 25.3 Å². The van der Waals surface area contributed by atoms with E-state index in [4.69, 9.17) is 0 Å². The Labute approximate surface area is 166 Å². The molecule has 3 N–H and O–H groups in total. The average molecular weight is 408 g/mol. The Kier molecular flexibility index (Phi) is 7.07. The molecule has 1 aromatic rings. The first kappa shape index (κ1) is 20.8. The highest BCUT2D eigenvalue weighted by Gasteiger charge is 2.20. The lowest BCUT2D eigenvalue weighted by Crippen LogP contribution is -2.37. The highest BCUT2D eigenvalue weighted by Crippen LogP contribution is 2.25. The van der Waals surface area contributed by atoms with Gasteiger partial charge >= 0.3 is 0 Å². The molecule has 2 aliphatic rings. The molecular formula is C20H29N3O4S. The molecule has 0 aromatic heterocycles. The number of sulfonamides is 1. The third-order valence-corrected chi connectivity index (χ3v) is 6.86. The summed E-state index contributed by atoms with van der Waals surface area (Å²) in [6.07, 6.45) is 8.99. The lowest BCUT2D eigenvalue weighted by Gasteiger charge is -2.21. The molecule has 7 nitrogen and oxygen atoms in total. The van der Waals surface area contributed by atoms with E-state index in [2.05, 4.69) is 15.4 Å². The standard InChI is InChI=1S/C20H29N3O4S/c24-19-11-8-15-14-17(9-10-18(15)23-19)28(26,27)21-13-12-20(25)22-16-6-4-2-1-3-5-7-16/h9-10,14,16,21H,1-8,11-13H2,(H,22,25)(H,23,24). The summed E-state index contributed by atoms with van der Waals surface area (Å²) in [6, 6.07) is 4.88. The van der Waals surface area contributed by atoms with Crippen LogP contribution in [0.5, 0.6) is 0 Å². The van der Waals surface area contributed by atoms with Gasteiger partial charge in [0.25, 0.3) is 0 Å². The minimum Gasteiger partial charge on any atom is -0.353 e. The molecule has 1 saturated carbocycles. The van der Waals surface area contributed by atoms with Gasteiger partial charge in [-0.1, -0.05) is 32.1 Å². The number of carbonyl (C=O) groups is 2. The first-order valence-electron chi connectivity index (χ1n) is 10.2. The zero-order chi connectivity index (χ0) is 20.0. The van der Waals surface area contributed by atoms with Gasteiger partial charge in [0.15, 0.2) is 0 Å². The second-order valence-electron chi connectivity index (χ2n) is 7.62. The van der Waals surface area contributed by atoms with Gasteiger partial charge in [0, 0.05) is 31.1 Å². The number of carbonyl (C=O) groups excluding carboxylic acids is 2. The van der Waals surface area contributed by atoms with Crippen LogP contribution in [0.1, 0.15) is 63.4 Å². The van der Waals surface area contributed by atoms with Gasteiger partial charge in [0.2, 0.25) is 21.8 Å². The Morgan fingerprint density at radius 2 is 1.79 bits per heavy atom. The number of fused-ring (bicyclic) bond motifs is 1. The average Bonchev–Trinajstić information content (AvgIpc) is 2.63. The largest absolute Gasteiger partial charge is 0.353 e. The van der Waals surface area contributed by atoms with Crippen molar-refractivity contribution in [1.29, 1.82) is 0 Å². The monoisotopic (exact) mass is 407 g/mol. The molecule has 3 rings (SSSR count). The first-order valence-corrected chi connectivity index (χ1v) is 11.6. The quantitative estimate of drug-likeness (QED) is 0.674. The molecule has 0 radical (unpaired) electrons. The third-order valence-electron chi connectivity index (χ3n) is 5.40.